The van der Waals surface area contributed by atoms with Gasteiger partial charge in [-0.05, 0) is 80.9 Å². The standard InChI is InChI=1S/C36H64N4O7/c1-22(2)16-29(38)34(42)47-31(20-27(24(5)6)33(41)40-21-36(7,8)35(39)43)28(37)19-26(23(3)4)17-25-12-13-30(45-10)32(18-25)46-15-11-14-44-9/h12-13,18,22-24,26-29,31H,11,14-17,19-21,37-38H2,1-10H3,(H2,39,43)(H,40,41)/t26-,27-,28-,29-,31-/m0/s1. The number of ether oxygens (including phenoxy) is 4. The number of hydrogen-bond acceptors (Lipinski definition) is 9. The minimum Gasteiger partial charge on any atom is -0.493 e. The first-order valence-corrected chi connectivity index (χ1v) is 17.0. The van der Waals surface area contributed by atoms with Crippen LogP contribution in [-0.4, -0.2) is 69.9 Å². The second-order valence-electron chi connectivity index (χ2n) is 14.6. The molecule has 0 spiro atoms. The van der Waals surface area contributed by atoms with E-state index in [4.69, 9.17) is 36.1 Å². The summed E-state index contributed by atoms with van der Waals surface area (Å²) in [5, 5.41) is 2.89. The van der Waals surface area contributed by atoms with Crippen molar-refractivity contribution in [3.63, 3.8) is 0 Å². The summed E-state index contributed by atoms with van der Waals surface area (Å²) < 4.78 is 22.7. The van der Waals surface area contributed by atoms with E-state index in [1.807, 2.05) is 45.9 Å². The highest BCUT2D eigenvalue weighted by Crippen LogP contribution is 2.32. The molecule has 0 saturated heterocycles. The Hall–Kier alpha value is -2.89. The molecule has 1 aromatic rings. The largest absolute Gasteiger partial charge is 0.493 e. The fraction of sp³-hybridized carbons (Fsp3) is 0.750. The van der Waals surface area contributed by atoms with Crippen molar-refractivity contribution < 1.29 is 33.3 Å². The van der Waals surface area contributed by atoms with E-state index in [2.05, 4.69) is 19.2 Å². The van der Waals surface area contributed by atoms with Crippen molar-refractivity contribution in [2.45, 2.75) is 106 Å². The highest BCUT2D eigenvalue weighted by Gasteiger charge is 2.35. The summed E-state index contributed by atoms with van der Waals surface area (Å²) in [6.45, 7) is 16.7. The zero-order valence-corrected chi connectivity index (χ0v) is 30.6. The number of rotatable bonds is 23. The monoisotopic (exact) mass is 664 g/mol. The maximum atomic E-state index is 13.4. The number of benzene rings is 1. The smallest absolute Gasteiger partial charge is 0.323 e. The molecule has 0 radical (unpaired) electrons. The third kappa shape index (κ3) is 14.8. The molecule has 270 valence electrons. The van der Waals surface area contributed by atoms with E-state index in [-0.39, 0.29) is 42.5 Å². The lowest BCUT2D eigenvalue weighted by atomic mass is 9.80. The molecule has 5 atom stereocenters. The number of nitrogens with two attached hydrogens (primary N) is 3. The lowest BCUT2D eigenvalue weighted by Crippen LogP contribution is -2.48. The Morgan fingerprint density at radius 1 is 0.894 bits per heavy atom. The number of amides is 2. The first-order chi connectivity index (χ1) is 21.9. The van der Waals surface area contributed by atoms with Crippen molar-refractivity contribution in [1.29, 1.82) is 0 Å². The van der Waals surface area contributed by atoms with Gasteiger partial charge in [-0.25, -0.2) is 0 Å². The van der Waals surface area contributed by atoms with Crippen LogP contribution in [0.25, 0.3) is 0 Å². The van der Waals surface area contributed by atoms with Gasteiger partial charge in [-0.3, -0.25) is 14.4 Å². The van der Waals surface area contributed by atoms with Crippen molar-refractivity contribution in [3.05, 3.63) is 23.8 Å². The van der Waals surface area contributed by atoms with E-state index in [0.29, 0.717) is 44.0 Å². The number of methoxy groups -OCH3 is 2. The third-order valence-corrected chi connectivity index (χ3v) is 8.77. The predicted octanol–water partition coefficient (Wildman–Crippen LogP) is 4.22. The van der Waals surface area contributed by atoms with Crippen LogP contribution in [0, 0.1) is 35.0 Å². The number of nitrogens with one attached hydrogen (secondary N) is 1. The van der Waals surface area contributed by atoms with Crippen LogP contribution < -0.4 is 32.0 Å². The molecule has 0 aliphatic heterocycles. The van der Waals surface area contributed by atoms with Crippen LogP contribution in [0.3, 0.4) is 0 Å². The minimum absolute atomic E-state index is 0.0908. The van der Waals surface area contributed by atoms with Gasteiger partial charge in [0, 0.05) is 38.6 Å². The van der Waals surface area contributed by atoms with Gasteiger partial charge in [-0.2, -0.15) is 0 Å². The third-order valence-electron chi connectivity index (χ3n) is 8.77. The molecule has 11 nitrogen and oxygen atoms in total. The summed E-state index contributed by atoms with van der Waals surface area (Å²) in [6.07, 6.45) is 1.96. The Morgan fingerprint density at radius 3 is 2.09 bits per heavy atom. The van der Waals surface area contributed by atoms with Crippen LogP contribution in [0.2, 0.25) is 0 Å². The van der Waals surface area contributed by atoms with Crippen molar-refractivity contribution in [2.24, 2.45) is 52.2 Å². The van der Waals surface area contributed by atoms with Crippen LogP contribution in [0.4, 0.5) is 0 Å². The Labute approximate surface area is 283 Å². The van der Waals surface area contributed by atoms with Gasteiger partial charge in [-0.1, -0.05) is 47.6 Å². The quantitative estimate of drug-likeness (QED) is 0.0985. The van der Waals surface area contributed by atoms with Gasteiger partial charge < -0.3 is 41.5 Å². The number of primary amides is 1. The van der Waals surface area contributed by atoms with Crippen LogP contribution in [0.1, 0.15) is 86.6 Å². The van der Waals surface area contributed by atoms with Gasteiger partial charge in [0.1, 0.15) is 12.1 Å². The molecule has 7 N–H and O–H groups in total. The minimum atomic E-state index is -0.913. The fourth-order valence-electron chi connectivity index (χ4n) is 5.35. The second kappa shape index (κ2) is 20.5. The summed E-state index contributed by atoms with van der Waals surface area (Å²) in [4.78, 5) is 38.5. The Balaban J connectivity index is 3.27. The van der Waals surface area contributed by atoms with Crippen molar-refractivity contribution in [3.8, 4) is 11.5 Å². The first kappa shape index (κ1) is 42.1. The summed E-state index contributed by atoms with van der Waals surface area (Å²) >= 11 is 0. The molecule has 0 fully saturated rings. The van der Waals surface area contributed by atoms with Crippen molar-refractivity contribution >= 4 is 17.8 Å². The van der Waals surface area contributed by atoms with Gasteiger partial charge in [0.05, 0.1) is 19.1 Å². The van der Waals surface area contributed by atoms with Gasteiger partial charge in [-0.15, -0.1) is 0 Å². The first-order valence-electron chi connectivity index (χ1n) is 17.0. The molecule has 2 amide bonds. The van der Waals surface area contributed by atoms with Crippen LogP contribution in [0.5, 0.6) is 11.5 Å². The highest BCUT2D eigenvalue weighted by molar-refractivity contribution is 5.83. The summed E-state index contributed by atoms with van der Waals surface area (Å²) in [6, 6.07) is 4.58. The molecule has 0 aromatic heterocycles. The zero-order valence-electron chi connectivity index (χ0n) is 30.6. The fourth-order valence-corrected chi connectivity index (χ4v) is 5.35. The number of carbonyl (C=O) groups is 3. The molecule has 47 heavy (non-hydrogen) atoms. The van der Waals surface area contributed by atoms with Crippen LogP contribution in [-0.2, 0) is 30.3 Å². The average Bonchev–Trinajstić information content (AvgIpc) is 2.99. The zero-order chi connectivity index (χ0) is 35.9. The van der Waals surface area contributed by atoms with Gasteiger partial charge in [0.25, 0.3) is 0 Å². The SMILES string of the molecule is COCCCOc1cc(C[C@@H](C[C@H](N)[C@H](C[C@H](C(=O)NCC(C)(C)C(N)=O)C(C)C)OC(=O)[C@@H](N)CC(C)C)C(C)C)ccc1OC. The van der Waals surface area contributed by atoms with E-state index in [1.165, 1.54) is 0 Å². The van der Waals surface area contributed by atoms with Crippen molar-refractivity contribution in [2.75, 3.05) is 34.0 Å². The molecular weight excluding hydrogens is 600 g/mol. The average molecular weight is 665 g/mol. The Kier molecular flexibility index (Phi) is 18.4. The molecule has 0 aliphatic rings. The van der Waals surface area contributed by atoms with E-state index >= 15 is 0 Å². The number of carbonyl (C=O) groups excluding carboxylic acids is 3. The van der Waals surface area contributed by atoms with Crippen LogP contribution in [0.15, 0.2) is 18.2 Å². The van der Waals surface area contributed by atoms with E-state index in [1.54, 1.807) is 28.1 Å². The molecular formula is C36H64N4O7. The maximum absolute atomic E-state index is 13.4. The lowest BCUT2D eigenvalue weighted by Gasteiger charge is -2.33. The summed E-state index contributed by atoms with van der Waals surface area (Å²) in [5.74, 6) is 0.0308. The molecule has 0 unspecified atom stereocenters. The van der Waals surface area contributed by atoms with E-state index in [9.17, 15) is 14.4 Å². The second-order valence-corrected chi connectivity index (χ2v) is 14.6. The molecule has 0 aliphatic carbocycles. The van der Waals surface area contributed by atoms with Gasteiger partial charge in [0.15, 0.2) is 11.5 Å². The summed E-state index contributed by atoms with van der Waals surface area (Å²) in [5.41, 5.74) is 18.8. The van der Waals surface area contributed by atoms with E-state index in [0.717, 1.165) is 12.0 Å². The normalized spacial score (nSPS) is 15.2. The highest BCUT2D eigenvalue weighted by atomic mass is 16.5. The van der Waals surface area contributed by atoms with Gasteiger partial charge in [0.2, 0.25) is 11.8 Å². The molecule has 0 heterocycles. The Bertz CT molecular complexity index is 1110. The summed E-state index contributed by atoms with van der Waals surface area (Å²) in [7, 11) is 3.28. The van der Waals surface area contributed by atoms with Gasteiger partial charge >= 0.3 is 5.97 Å². The number of hydrogen-bond donors (Lipinski definition) is 4. The predicted molar refractivity (Wildman–Crippen MR) is 186 cm³/mol. The molecule has 1 aromatic carbocycles. The van der Waals surface area contributed by atoms with E-state index < -0.39 is 41.4 Å². The molecule has 0 bridgehead atoms. The molecule has 1 rings (SSSR count). The molecule has 0 saturated carbocycles. The maximum Gasteiger partial charge on any atom is 0.323 e. The Morgan fingerprint density at radius 2 is 1.55 bits per heavy atom. The van der Waals surface area contributed by atoms with Crippen molar-refractivity contribution in [1.82, 2.24) is 5.32 Å². The van der Waals surface area contributed by atoms with Crippen LogP contribution >= 0.6 is 0 Å². The number of esters is 1. The molecule has 11 heteroatoms. The lowest BCUT2D eigenvalue weighted by molar-refractivity contribution is -0.154. The topological polar surface area (TPSA) is 178 Å².